The molecule has 1 aromatic heterocycles. The van der Waals surface area contributed by atoms with Crippen LogP contribution in [-0.2, 0) is 9.59 Å². The van der Waals surface area contributed by atoms with E-state index >= 15 is 0 Å². The summed E-state index contributed by atoms with van der Waals surface area (Å²) in [4.78, 5) is 36.6. The van der Waals surface area contributed by atoms with Crippen molar-refractivity contribution in [2.75, 3.05) is 37.6 Å². The van der Waals surface area contributed by atoms with E-state index in [0.29, 0.717) is 19.5 Å². The second kappa shape index (κ2) is 8.60. The summed E-state index contributed by atoms with van der Waals surface area (Å²) in [5, 5.41) is 2.76. The lowest BCUT2D eigenvalue weighted by Crippen LogP contribution is -2.51. The van der Waals surface area contributed by atoms with E-state index in [2.05, 4.69) is 26.3 Å². The Labute approximate surface area is 148 Å². The summed E-state index contributed by atoms with van der Waals surface area (Å²) in [6.07, 6.45) is 12.1. The molecule has 3 rings (SSSR count). The lowest BCUT2D eigenvalue weighted by molar-refractivity contribution is -0.133. The van der Waals surface area contributed by atoms with E-state index in [0.717, 1.165) is 38.2 Å². The van der Waals surface area contributed by atoms with Crippen LogP contribution in [0.2, 0.25) is 0 Å². The predicted octanol–water partition coefficient (Wildman–Crippen LogP) is 1.13. The fraction of sp³-hybridized carbons (Fsp3) is 0.556. The number of nitrogens with one attached hydrogen (secondary N) is 1. The molecule has 25 heavy (non-hydrogen) atoms. The predicted molar refractivity (Wildman–Crippen MR) is 95.0 cm³/mol. The summed E-state index contributed by atoms with van der Waals surface area (Å²) in [6.45, 7) is 2.81. The van der Waals surface area contributed by atoms with Crippen LogP contribution in [0.3, 0.4) is 0 Å². The number of hydrogen-bond acceptors (Lipinski definition) is 5. The van der Waals surface area contributed by atoms with E-state index in [-0.39, 0.29) is 18.4 Å². The normalized spacial score (nSPS) is 17.8. The highest BCUT2D eigenvalue weighted by atomic mass is 16.2. The first kappa shape index (κ1) is 17.4. The highest BCUT2D eigenvalue weighted by Crippen LogP contribution is 2.19. The third kappa shape index (κ3) is 5.01. The van der Waals surface area contributed by atoms with Crippen LogP contribution in [0.1, 0.15) is 32.1 Å². The molecule has 2 amide bonds. The summed E-state index contributed by atoms with van der Waals surface area (Å²) in [5.74, 6) is 0.758. The van der Waals surface area contributed by atoms with Gasteiger partial charge in [-0.1, -0.05) is 11.6 Å². The Morgan fingerprint density at radius 3 is 2.64 bits per heavy atom. The average Bonchev–Trinajstić information content (AvgIpc) is 2.68. The van der Waals surface area contributed by atoms with Gasteiger partial charge in [0.1, 0.15) is 5.82 Å². The molecule has 7 nitrogen and oxygen atoms in total. The van der Waals surface area contributed by atoms with Crippen LogP contribution >= 0.6 is 0 Å². The first-order valence-corrected chi connectivity index (χ1v) is 8.96. The Morgan fingerprint density at radius 2 is 1.96 bits per heavy atom. The molecular formula is C18H25N5O2. The van der Waals surface area contributed by atoms with E-state index < -0.39 is 0 Å². The van der Waals surface area contributed by atoms with E-state index in [9.17, 15) is 9.59 Å². The summed E-state index contributed by atoms with van der Waals surface area (Å²) >= 11 is 0. The number of allylic oxidation sites excluding steroid dienone is 1. The highest BCUT2D eigenvalue weighted by molar-refractivity contribution is 5.85. The maximum absolute atomic E-state index is 12.3. The van der Waals surface area contributed by atoms with E-state index in [1.807, 2.05) is 0 Å². The molecule has 0 radical (unpaired) electrons. The summed E-state index contributed by atoms with van der Waals surface area (Å²) < 4.78 is 0. The zero-order chi connectivity index (χ0) is 17.5. The van der Waals surface area contributed by atoms with Crippen LogP contribution in [0.25, 0.3) is 0 Å². The van der Waals surface area contributed by atoms with Crippen molar-refractivity contribution in [2.45, 2.75) is 32.1 Å². The van der Waals surface area contributed by atoms with Gasteiger partial charge < -0.3 is 15.1 Å². The number of nitrogens with zero attached hydrogens (tertiary/aromatic N) is 4. The van der Waals surface area contributed by atoms with Crippen molar-refractivity contribution in [1.82, 2.24) is 20.2 Å². The van der Waals surface area contributed by atoms with Gasteiger partial charge in [-0.15, -0.1) is 0 Å². The molecule has 0 atom stereocenters. The highest BCUT2D eigenvalue weighted by Gasteiger charge is 2.22. The van der Waals surface area contributed by atoms with Gasteiger partial charge in [0.15, 0.2) is 0 Å². The van der Waals surface area contributed by atoms with Gasteiger partial charge in [0.2, 0.25) is 11.8 Å². The number of carbonyl (C=O) groups excluding carboxylic acids is 2. The molecule has 0 saturated carbocycles. The van der Waals surface area contributed by atoms with Gasteiger partial charge in [-0.2, -0.15) is 0 Å². The maximum Gasteiger partial charge on any atom is 0.242 e. The van der Waals surface area contributed by atoms with Crippen molar-refractivity contribution < 1.29 is 9.59 Å². The molecular weight excluding hydrogens is 318 g/mol. The summed E-state index contributed by atoms with van der Waals surface area (Å²) in [5.41, 5.74) is 1.20. The molecule has 1 fully saturated rings. The Hall–Kier alpha value is -2.44. The van der Waals surface area contributed by atoms with Gasteiger partial charge in [-0.25, -0.2) is 4.98 Å². The Morgan fingerprint density at radius 1 is 1.12 bits per heavy atom. The molecule has 0 aromatic carbocycles. The minimum atomic E-state index is -0.0558. The van der Waals surface area contributed by atoms with Crippen LogP contribution < -0.4 is 10.2 Å². The molecule has 134 valence electrons. The number of piperazine rings is 1. The van der Waals surface area contributed by atoms with E-state index in [1.165, 1.54) is 12.0 Å². The topological polar surface area (TPSA) is 78.4 Å². The van der Waals surface area contributed by atoms with Crippen molar-refractivity contribution in [3.63, 3.8) is 0 Å². The Bertz CT molecular complexity index is 624. The van der Waals surface area contributed by atoms with Gasteiger partial charge >= 0.3 is 0 Å². The molecule has 0 unspecified atom stereocenters. The Kier molecular flexibility index (Phi) is 5.98. The number of aromatic nitrogens is 2. The van der Waals surface area contributed by atoms with E-state index in [4.69, 9.17) is 0 Å². The minimum absolute atomic E-state index is 0.0234. The molecule has 1 aliphatic heterocycles. The van der Waals surface area contributed by atoms with Crippen molar-refractivity contribution in [1.29, 1.82) is 0 Å². The van der Waals surface area contributed by atoms with Crippen molar-refractivity contribution in [2.24, 2.45) is 0 Å². The van der Waals surface area contributed by atoms with Crippen LogP contribution in [-0.4, -0.2) is 59.4 Å². The van der Waals surface area contributed by atoms with Gasteiger partial charge in [0.25, 0.3) is 0 Å². The first-order chi connectivity index (χ1) is 12.2. The third-order valence-corrected chi connectivity index (χ3v) is 4.72. The van der Waals surface area contributed by atoms with Gasteiger partial charge in [0, 0.05) is 45.0 Å². The molecule has 7 heteroatoms. The summed E-state index contributed by atoms with van der Waals surface area (Å²) in [6, 6.07) is 0. The lowest BCUT2D eigenvalue weighted by atomic mass is 9.97. The number of amides is 2. The second-order valence-electron chi connectivity index (χ2n) is 6.49. The first-order valence-electron chi connectivity index (χ1n) is 8.96. The van der Waals surface area contributed by atoms with Crippen LogP contribution in [0.5, 0.6) is 0 Å². The molecule has 2 heterocycles. The molecule has 2 aliphatic rings. The maximum atomic E-state index is 12.3. The number of rotatable bonds is 5. The molecule has 1 aliphatic carbocycles. The Balaban J connectivity index is 1.39. The van der Waals surface area contributed by atoms with E-state index in [1.54, 1.807) is 23.5 Å². The van der Waals surface area contributed by atoms with Gasteiger partial charge in [-0.3, -0.25) is 14.6 Å². The van der Waals surface area contributed by atoms with Crippen LogP contribution in [0.15, 0.2) is 30.2 Å². The smallest absolute Gasteiger partial charge is 0.242 e. The zero-order valence-corrected chi connectivity index (χ0v) is 14.5. The van der Waals surface area contributed by atoms with Gasteiger partial charge in [0.05, 0.1) is 12.7 Å². The molecule has 1 N–H and O–H groups in total. The lowest BCUT2D eigenvalue weighted by Gasteiger charge is -2.35. The molecule has 1 aromatic rings. The number of hydrogen-bond donors (Lipinski definition) is 1. The fourth-order valence-corrected chi connectivity index (χ4v) is 3.26. The van der Waals surface area contributed by atoms with Crippen LogP contribution in [0.4, 0.5) is 5.82 Å². The monoisotopic (exact) mass is 343 g/mol. The number of carbonyl (C=O) groups is 2. The van der Waals surface area contributed by atoms with Gasteiger partial charge in [-0.05, 0) is 25.7 Å². The third-order valence-electron chi connectivity index (χ3n) is 4.72. The number of anilines is 1. The van der Waals surface area contributed by atoms with Crippen molar-refractivity contribution in [3.05, 3.63) is 30.2 Å². The minimum Gasteiger partial charge on any atom is -0.352 e. The second-order valence-corrected chi connectivity index (χ2v) is 6.49. The largest absolute Gasteiger partial charge is 0.352 e. The molecule has 0 bridgehead atoms. The molecule has 0 spiro atoms. The molecule has 1 saturated heterocycles. The van der Waals surface area contributed by atoms with Crippen molar-refractivity contribution >= 4 is 17.6 Å². The quantitative estimate of drug-likeness (QED) is 0.811. The van der Waals surface area contributed by atoms with Crippen LogP contribution in [0, 0.1) is 0 Å². The fourth-order valence-electron chi connectivity index (χ4n) is 3.26. The standard InChI is InChI=1S/C18H25N5O2/c24-17(12-15-4-2-1-3-5-15)21-14-18(25)23-10-8-22(9-11-23)16-13-19-6-7-20-16/h4,6-7,13H,1-3,5,8-12,14H2,(H,21,24). The average molecular weight is 343 g/mol. The summed E-state index contributed by atoms with van der Waals surface area (Å²) in [7, 11) is 0. The SMILES string of the molecule is O=C(CC1=CCCCC1)NCC(=O)N1CCN(c2cnccn2)CC1. The zero-order valence-electron chi connectivity index (χ0n) is 14.5. The van der Waals surface area contributed by atoms with Crippen molar-refractivity contribution in [3.8, 4) is 0 Å².